The van der Waals surface area contributed by atoms with Crippen molar-refractivity contribution in [2.24, 2.45) is 0 Å². The topological polar surface area (TPSA) is 58.6 Å². The number of ether oxygens (including phenoxy) is 1. The minimum Gasteiger partial charge on any atom is -0.484 e. The zero-order valence-electron chi connectivity index (χ0n) is 18.4. The van der Waals surface area contributed by atoms with Crippen LogP contribution < -0.4 is 10.1 Å². The van der Waals surface area contributed by atoms with Gasteiger partial charge in [0.15, 0.2) is 6.61 Å². The maximum Gasteiger partial charge on any atom is 0.261 e. The molecule has 0 aliphatic heterocycles. The molecule has 0 radical (unpaired) electrons. The maximum absolute atomic E-state index is 13.1. The zero-order chi connectivity index (χ0) is 22.3. The van der Waals surface area contributed by atoms with Crippen molar-refractivity contribution < 1.29 is 14.3 Å². The summed E-state index contributed by atoms with van der Waals surface area (Å²) in [6.45, 7) is 9.69. The molecular weight excluding hydrogens is 400 g/mol. The molecule has 6 heteroatoms. The molecule has 0 aliphatic carbocycles. The third-order valence-electron chi connectivity index (χ3n) is 5.02. The smallest absolute Gasteiger partial charge is 0.261 e. The van der Waals surface area contributed by atoms with Crippen LogP contribution in [-0.4, -0.2) is 35.4 Å². The molecule has 0 heterocycles. The van der Waals surface area contributed by atoms with Gasteiger partial charge >= 0.3 is 0 Å². The summed E-state index contributed by atoms with van der Waals surface area (Å²) in [5.41, 5.74) is 2.90. The second-order valence-electron chi connectivity index (χ2n) is 7.72. The summed E-state index contributed by atoms with van der Waals surface area (Å²) in [7, 11) is 0. The van der Waals surface area contributed by atoms with Crippen LogP contribution in [-0.2, 0) is 16.1 Å². The fraction of sp³-hybridized carbons (Fsp3) is 0.417. The first-order chi connectivity index (χ1) is 14.2. The second kappa shape index (κ2) is 11.0. The highest BCUT2D eigenvalue weighted by Crippen LogP contribution is 2.20. The molecule has 1 N–H and O–H groups in total. The Bertz CT molecular complexity index is 864. The van der Waals surface area contributed by atoms with Crippen LogP contribution in [0.4, 0.5) is 0 Å². The number of rotatable bonds is 9. The lowest BCUT2D eigenvalue weighted by Crippen LogP contribution is -2.50. The van der Waals surface area contributed by atoms with E-state index in [-0.39, 0.29) is 31.0 Å². The molecular formula is C24H31ClN2O3. The SMILES string of the molecule is CC[C@H](C)NC(=O)[C@H](C)N(Cc1ccccc1Cl)C(=O)COc1cc(C)cc(C)c1. The van der Waals surface area contributed by atoms with Gasteiger partial charge in [-0.25, -0.2) is 0 Å². The van der Waals surface area contributed by atoms with Gasteiger partial charge in [0.25, 0.3) is 5.91 Å². The van der Waals surface area contributed by atoms with E-state index in [0.717, 1.165) is 23.1 Å². The number of hydrogen-bond acceptors (Lipinski definition) is 3. The summed E-state index contributed by atoms with van der Waals surface area (Å²) >= 11 is 6.30. The highest BCUT2D eigenvalue weighted by molar-refractivity contribution is 6.31. The van der Waals surface area contributed by atoms with Crippen LogP contribution in [0, 0.1) is 13.8 Å². The third kappa shape index (κ3) is 6.77. The van der Waals surface area contributed by atoms with Gasteiger partial charge in [0, 0.05) is 17.6 Å². The fourth-order valence-electron chi connectivity index (χ4n) is 3.10. The largest absolute Gasteiger partial charge is 0.484 e. The van der Waals surface area contributed by atoms with E-state index in [2.05, 4.69) is 5.32 Å². The Kier molecular flexibility index (Phi) is 8.72. The van der Waals surface area contributed by atoms with Crippen molar-refractivity contribution in [3.63, 3.8) is 0 Å². The van der Waals surface area contributed by atoms with E-state index in [1.54, 1.807) is 13.0 Å². The van der Waals surface area contributed by atoms with Crippen LogP contribution in [0.15, 0.2) is 42.5 Å². The Balaban J connectivity index is 2.19. The lowest BCUT2D eigenvalue weighted by molar-refractivity contribution is -0.142. The molecule has 162 valence electrons. The van der Waals surface area contributed by atoms with Crippen molar-refractivity contribution in [2.75, 3.05) is 6.61 Å². The molecule has 2 rings (SSSR count). The molecule has 5 nitrogen and oxygen atoms in total. The van der Waals surface area contributed by atoms with Gasteiger partial charge in [-0.15, -0.1) is 0 Å². The van der Waals surface area contributed by atoms with E-state index in [9.17, 15) is 9.59 Å². The van der Waals surface area contributed by atoms with E-state index in [1.807, 2.05) is 64.1 Å². The fourth-order valence-corrected chi connectivity index (χ4v) is 3.30. The lowest BCUT2D eigenvalue weighted by atomic mass is 10.1. The number of halogens is 1. The van der Waals surface area contributed by atoms with Gasteiger partial charge in [-0.3, -0.25) is 9.59 Å². The standard InChI is InChI=1S/C24H31ClN2O3/c1-6-18(4)26-24(29)19(5)27(14-20-9-7-8-10-22(20)25)23(28)15-30-21-12-16(2)11-17(3)13-21/h7-13,18-19H,6,14-15H2,1-5H3,(H,26,29)/t18-,19-/m0/s1. The van der Waals surface area contributed by atoms with E-state index < -0.39 is 6.04 Å². The summed E-state index contributed by atoms with van der Waals surface area (Å²) in [4.78, 5) is 27.3. The summed E-state index contributed by atoms with van der Waals surface area (Å²) in [6.07, 6.45) is 0.812. The van der Waals surface area contributed by atoms with Gasteiger partial charge in [0.05, 0.1) is 0 Å². The Morgan fingerprint density at radius 3 is 2.33 bits per heavy atom. The third-order valence-corrected chi connectivity index (χ3v) is 5.39. The average molecular weight is 431 g/mol. The first-order valence-electron chi connectivity index (χ1n) is 10.3. The molecule has 0 aliphatic rings. The summed E-state index contributed by atoms with van der Waals surface area (Å²) in [6, 6.07) is 12.5. The predicted molar refractivity (Wildman–Crippen MR) is 121 cm³/mol. The first-order valence-corrected chi connectivity index (χ1v) is 10.6. The van der Waals surface area contributed by atoms with Crippen LogP contribution in [0.25, 0.3) is 0 Å². The van der Waals surface area contributed by atoms with Crippen molar-refractivity contribution in [3.05, 3.63) is 64.2 Å². The van der Waals surface area contributed by atoms with Gasteiger partial charge < -0.3 is 15.0 Å². The number of amides is 2. The number of carbonyl (C=O) groups excluding carboxylic acids is 2. The number of nitrogens with zero attached hydrogens (tertiary/aromatic N) is 1. The number of hydrogen-bond donors (Lipinski definition) is 1. The molecule has 0 aromatic heterocycles. The van der Waals surface area contributed by atoms with Crippen LogP contribution >= 0.6 is 11.6 Å². The van der Waals surface area contributed by atoms with E-state index in [4.69, 9.17) is 16.3 Å². The Morgan fingerprint density at radius 1 is 1.10 bits per heavy atom. The second-order valence-corrected chi connectivity index (χ2v) is 8.13. The molecule has 0 bridgehead atoms. The zero-order valence-corrected chi connectivity index (χ0v) is 19.1. The van der Waals surface area contributed by atoms with Crippen molar-refractivity contribution in [2.45, 2.75) is 59.7 Å². The van der Waals surface area contributed by atoms with Gasteiger partial charge in [-0.1, -0.05) is 42.8 Å². The number of nitrogens with one attached hydrogen (secondary N) is 1. The molecule has 2 aromatic carbocycles. The van der Waals surface area contributed by atoms with Gasteiger partial charge in [0.2, 0.25) is 5.91 Å². The van der Waals surface area contributed by atoms with Gasteiger partial charge in [-0.05, 0) is 69.0 Å². The highest BCUT2D eigenvalue weighted by Gasteiger charge is 2.27. The minimum atomic E-state index is -0.661. The normalized spacial score (nSPS) is 12.7. The van der Waals surface area contributed by atoms with Gasteiger partial charge in [-0.2, -0.15) is 0 Å². The molecule has 2 aromatic rings. The van der Waals surface area contributed by atoms with E-state index in [1.165, 1.54) is 4.90 Å². The summed E-state index contributed by atoms with van der Waals surface area (Å²) in [5, 5.41) is 3.50. The summed E-state index contributed by atoms with van der Waals surface area (Å²) < 4.78 is 5.75. The molecule has 30 heavy (non-hydrogen) atoms. The number of benzene rings is 2. The minimum absolute atomic E-state index is 0.0312. The molecule has 0 spiro atoms. The van der Waals surface area contributed by atoms with Crippen molar-refractivity contribution in [1.82, 2.24) is 10.2 Å². The maximum atomic E-state index is 13.1. The molecule has 0 saturated carbocycles. The van der Waals surface area contributed by atoms with Crippen molar-refractivity contribution >= 4 is 23.4 Å². The van der Waals surface area contributed by atoms with E-state index >= 15 is 0 Å². The summed E-state index contributed by atoms with van der Waals surface area (Å²) in [5.74, 6) is 0.160. The van der Waals surface area contributed by atoms with E-state index in [0.29, 0.717) is 10.8 Å². The molecule has 0 saturated heterocycles. The van der Waals surface area contributed by atoms with Crippen molar-refractivity contribution in [1.29, 1.82) is 0 Å². The average Bonchev–Trinajstić information content (AvgIpc) is 2.70. The molecule has 2 amide bonds. The Hall–Kier alpha value is -2.53. The molecule has 0 fully saturated rings. The lowest BCUT2D eigenvalue weighted by Gasteiger charge is -2.30. The predicted octanol–water partition coefficient (Wildman–Crippen LogP) is 4.67. The van der Waals surface area contributed by atoms with Gasteiger partial charge in [0.1, 0.15) is 11.8 Å². The highest BCUT2D eigenvalue weighted by atomic mass is 35.5. The Labute approximate surface area is 184 Å². The van der Waals surface area contributed by atoms with Crippen LogP contribution in [0.3, 0.4) is 0 Å². The molecule has 0 unspecified atom stereocenters. The van der Waals surface area contributed by atoms with Crippen LogP contribution in [0.2, 0.25) is 5.02 Å². The Morgan fingerprint density at radius 2 is 1.73 bits per heavy atom. The number of aryl methyl sites for hydroxylation is 2. The monoisotopic (exact) mass is 430 g/mol. The molecule has 2 atom stereocenters. The van der Waals surface area contributed by atoms with Crippen molar-refractivity contribution in [3.8, 4) is 5.75 Å². The number of carbonyl (C=O) groups is 2. The van der Waals surface area contributed by atoms with Crippen LogP contribution in [0.5, 0.6) is 5.75 Å². The van der Waals surface area contributed by atoms with Crippen LogP contribution in [0.1, 0.15) is 43.9 Å². The quantitative estimate of drug-likeness (QED) is 0.629. The first kappa shape index (κ1) is 23.7.